The second-order valence-electron chi connectivity index (χ2n) is 7.75. The van der Waals surface area contributed by atoms with Gasteiger partial charge in [0, 0.05) is 17.8 Å². The Morgan fingerprint density at radius 2 is 2.00 bits per heavy atom. The first-order valence-electron chi connectivity index (χ1n) is 10.1. The Morgan fingerprint density at radius 3 is 2.67 bits per heavy atom. The van der Waals surface area contributed by atoms with Crippen LogP contribution < -0.4 is 9.46 Å². The molecule has 4 rings (SSSR count). The van der Waals surface area contributed by atoms with Gasteiger partial charge in [0.15, 0.2) is 5.69 Å². The van der Waals surface area contributed by atoms with Crippen LogP contribution in [0.2, 0.25) is 0 Å². The van der Waals surface area contributed by atoms with Gasteiger partial charge in [0.1, 0.15) is 10.6 Å². The van der Waals surface area contributed by atoms with E-state index >= 15 is 0 Å². The molecule has 0 fully saturated rings. The number of sulfonamides is 1. The van der Waals surface area contributed by atoms with Gasteiger partial charge in [0.2, 0.25) is 10.0 Å². The van der Waals surface area contributed by atoms with E-state index in [4.69, 9.17) is 4.74 Å². The average molecular weight is 481 g/mol. The van der Waals surface area contributed by atoms with Crippen molar-refractivity contribution in [2.24, 2.45) is 0 Å². The van der Waals surface area contributed by atoms with Crippen LogP contribution in [-0.2, 0) is 35.8 Å². The fraction of sp³-hybridized carbons (Fsp3) is 0.318. The minimum Gasteiger partial charge on any atom is -0.495 e. The van der Waals surface area contributed by atoms with Gasteiger partial charge in [-0.25, -0.2) is 13.1 Å². The van der Waals surface area contributed by atoms with E-state index in [1.54, 1.807) is 30.3 Å². The molecule has 0 saturated carbocycles. The summed E-state index contributed by atoms with van der Waals surface area (Å²) in [6.07, 6.45) is -2.29. The minimum absolute atomic E-state index is 0.0522. The zero-order valence-electron chi connectivity index (χ0n) is 17.6. The van der Waals surface area contributed by atoms with E-state index in [1.807, 2.05) is 6.07 Å². The molecule has 1 aromatic heterocycles. The molecule has 33 heavy (non-hydrogen) atoms. The summed E-state index contributed by atoms with van der Waals surface area (Å²) in [4.78, 5) is 0.0522. The van der Waals surface area contributed by atoms with E-state index in [0.717, 1.165) is 21.4 Å². The maximum absolute atomic E-state index is 13.1. The lowest BCUT2D eigenvalue weighted by atomic mass is 10.1. The molecule has 2 aromatic carbocycles. The fourth-order valence-electron chi connectivity index (χ4n) is 4.07. The van der Waals surface area contributed by atoms with E-state index in [1.165, 1.54) is 19.4 Å². The number of halogens is 3. The van der Waals surface area contributed by atoms with Crippen molar-refractivity contribution in [2.75, 3.05) is 7.11 Å². The highest BCUT2D eigenvalue weighted by molar-refractivity contribution is 7.89. The monoisotopic (exact) mass is 481 g/mol. The molecule has 1 atom stereocenters. The molecule has 1 unspecified atom stereocenters. The van der Waals surface area contributed by atoms with Crippen molar-refractivity contribution in [1.29, 1.82) is 0 Å². The highest BCUT2D eigenvalue weighted by atomic mass is 32.2. The summed E-state index contributed by atoms with van der Waals surface area (Å²) in [6.45, 7) is -0.666. The number of rotatable bonds is 7. The van der Waals surface area contributed by atoms with Crippen LogP contribution in [0.1, 0.15) is 40.4 Å². The molecule has 0 aliphatic heterocycles. The smallest absolute Gasteiger partial charge is 0.435 e. The molecule has 0 radical (unpaired) electrons. The van der Waals surface area contributed by atoms with Crippen LogP contribution in [0.4, 0.5) is 13.2 Å². The number of methoxy groups -OCH3 is 1. The molecule has 1 aliphatic rings. The summed E-state index contributed by atoms with van der Waals surface area (Å²) in [5, 5.41) is 12.8. The number of benzene rings is 2. The first kappa shape index (κ1) is 23.3. The standard InChI is InChI=1S/C22H22F3N3O4S/c1-32-19-4-2-3-5-20(19)33(30,31)27-18-9-7-15-10-14(6-8-17(15)18)11-28-12-16(13-29)21(26-28)22(23,24)25/h2-6,8,10,12,18,27,29H,7,9,11,13H2,1H3. The third-order valence-electron chi connectivity index (χ3n) is 5.56. The Hall–Kier alpha value is -2.89. The first-order valence-corrected chi connectivity index (χ1v) is 11.6. The van der Waals surface area contributed by atoms with Crippen LogP contribution in [0.25, 0.3) is 0 Å². The predicted molar refractivity (Wildman–Crippen MR) is 113 cm³/mol. The molecule has 11 heteroatoms. The SMILES string of the molecule is COc1ccccc1S(=O)(=O)NC1CCc2cc(Cn3cc(CO)c(C(F)(F)F)n3)ccc21. The molecule has 2 N–H and O–H groups in total. The normalized spacial score (nSPS) is 16.1. The number of aliphatic hydroxyl groups is 1. The second kappa shape index (κ2) is 8.81. The Morgan fingerprint density at radius 1 is 1.24 bits per heavy atom. The molecule has 0 saturated heterocycles. The fourth-order valence-corrected chi connectivity index (χ4v) is 5.49. The summed E-state index contributed by atoms with van der Waals surface area (Å²) in [7, 11) is -2.42. The number of fused-ring (bicyclic) bond motifs is 1. The molecule has 176 valence electrons. The van der Waals surface area contributed by atoms with Crippen LogP contribution in [0.3, 0.4) is 0 Å². The first-order chi connectivity index (χ1) is 15.6. The lowest BCUT2D eigenvalue weighted by Crippen LogP contribution is -2.27. The van der Waals surface area contributed by atoms with Gasteiger partial charge in [-0.3, -0.25) is 4.68 Å². The number of nitrogens with zero attached hydrogens (tertiary/aromatic N) is 2. The summed E-state index contributed by atoms with van der Waals surface area (Å²) < 4.78 is 74.1. The summed E-state index contributed by atoms with van der Waals surface area (Å²) in [5.74, 6) is 0.248. The van der Waals surface area contributed by atoms with Crippen molar-refractivity contribution in [2.45, 2.75) is 43.1 Å². The topological polar surface area (TPSA) is 93.5 Å². The number of aliphatic hydroxyl groups excluding tert-OH is 1. The molecule has 1 aliphatic carbocycles. The van der Waals surface area contributed by atoms with E-state index in [9.17, 15) is 26.7 Å². The summed E-state index contributed by atoms with van der Waals surface area (Å²) >= 11 is 0. The Labute approximate surface area is 188 Å². The van der Waals surface area contributed by atoms with Crippen LogP contribution in [0.5, 0.6) is 5.75 Å². The number of hydrogen-bond acceptors (Lipinski definition) is 5. The molecular formula is C22H22F3N3O4S. The minimum atomic E-state index is -4.65. The van der Waals surface area contributed by atoms with Crippen molar-refractivity contribution in [3.05, 3.63) is 76.6 Å². The van der Waals surface area contributed by atoms with Gasteiger partial charge in [0.05, 0.1) is 20.3 Å². The van der Waals surface area contributed by atoms with Gasteiger partial charge in [-0.2, -0.15) is 18.3 Å². The van der Waals surface area contributed by atoms with E-state index < -0.39 is 34.5 Å². The molecule has 7 nitrogen and oxygen atoms in total. The number of para-hydroxylation sites is 1. The van der Waals surface area contributed by atoms with E-state index in [2.05, 4.69) is 9.82 Å². The van der Waals surface area contributed by atoms with Crippen molar-refractivity contribution >= 4 is 10.0 Å². The zero-order valence-corrected chi connectivity index (χ0v) is 18.4. The van der Waals surface area contributed by atoms with Gasteiger partial charge in [-0.15, -0.1) is 0 Å². The van der Waals surface area contributed by atoms with Gasteiger partial charge in [-0.05, 0) is 41.7 Å². The Balaban J connectivity index is 1.54. The van der Waals surface area contributed by atoms with Gasteiger partial charge in [0.25, 0.3) is 0 Å². The number of alkyl halides is 3. The van der Waals surface area contributed by atoms with Crippen molar-refractivity contribution in [3.8, 4) is 5.75 Å². The Bertz CT molecular complexity index is 1270. The second-order valence-corrected chi connectivity index (χ2v) is 9.44. The average Bonchev–Trinajstić information content (AvgIpc) is 3.37. The number of nitrogens with one attached hydrogen (secondary N) is 1. The van der Waals surface area contributed by atoms with Crippen molar-refractivity contribution in [3.63, 3.8) is 0 Å². The maximum atomic E-state index is 13.1. The maximum Gasteiger partial charge on any atom is 0.435 e. The molecular weight excluding hydrogens is 459 g/mol. The van der Waals surface area contributed by atoms with Crippen LogP contribution >= 0.6 is 0 Å². The van der Waals surface area contributed by atoms with Gasteiger partial charge in [-0.1, -0.05) is 30.3 Å². The Kier molecular flexibility index (Phi) is 6.21. The predicted octanol–water partition coefficient (Wildman–Crippen LogP) is 3.42. The number of hydrogen-bond donors (Lipinski definition) is 2. The third-order valence-corrected chi connectivity index (χ3v) is 7.07. The third kappa shape index (κ3) is 4.75. The molecule has 0 amide bonds. The highest BCUT2D eigenvalue weighted by Gasteiger charge is 2.37. The molecule has 0 bridgehead atoms. The van der Waals surface area contributed by atoms with Gasteiger partial charge < -0.3 is 9.84 Å². The lowest BCUT2D eigenvalue weighted by molar-refractivity contribution is -0.142. The highest BCUT2D eigenvalue weighted by Crippen LogP contribution is 2.35. The number of ether oxygens (including phenoxy) is 1. The lowest BCUT2D eigenvalue weighted by Gasteiger charge is -2.16. The van der Waals surface area contributed by atoms with Crippen molar-refractivity contribution in [1.82, 2.24) is 14.5 Å². The quantitative estimate of drug-likeness (QED) is 0.540. The largest absolute Gasteiger partial charge is 0.495 e. The molecule has 3 aromatic rings. The van der Waals surface area contributed by atoms with Crippen LogP contribution in [-0.4, -0.2) is 30.4 Å². The van der Waals surface area contributed by atoms with Crippen LogP contribution in [0, 0.1) is 0 Å². The molecule has 0 spiro atoms. The molecule has 1 heterocycles. The van der Waals surface area contributed by atoms with Crippen molar-refractivity contribution < 1.29 is 31.4 Å². The summed E-state index contributed by atoms with van der Waals surface area (Å²) in [6, 6.07) is 11.3. The zero-order chi connectivity index (χ0) is 23.8. The van der Waals surface area contributed by atoms with Crippen LogP contribution in [0.15, 0.2) is 53.6 Å². The van der Waals surface area contributed by atoms with E-state index in [0.29, 0.717) is 12.8 Å². The summed E-state index contributed by atoms with van der Waals surface area (Å²) in [5.41, 5.74) is 1.09. The van der Waals surface area contributed by atoms with E-state index in [-0.39, 0.29) is 22.8 Å². The number of aryl methyl sites for hydroxylation is 1. The number of aromatic nitrogens is 2. The van der Waals surface area contributed by atoms with Gasteiger partial charge >= 0.3 is 6.18 Å².